The largest absolute Gasteiger partial charge is 0.355 e. The molecule has 1 saturated heterocycles. The maximum Gasteiger partial charge on any atom is 0.148 e. The molecule has 88 valence electrons. The summed E-state index contributed by atoms with van der Waals surface area (Å²) in [5.74, 6) is 0.978. The Kier molecular flexibility index (Phi) is 3.76. The van der Waals surface area contributed by atoms with Gasteiger partial charge < -0.3 is 9.80 Å². The van der Waals surface area contributed by atoms with Crippen molar-refractivity contribution in [1.29, 1.82) is 0 Å². The Labute approximate surface area is 105 Å². The summed E-state index contributed by atoms with van der Waals surface area (Å²) in [6, 6.07) is 0.705. The van der Waals surface area contributed by atoms with E-state index in [-0.39, 0.29) is 0 Å². The van der Waals surface area contributed by atoms with Crippen LogP contribution in [0.2, 0.25) is 0 Å². The van der Waals surface area contributed by atoms with Gasteiger partial charge in [-0.25, -0.2) is 4.98 Å². The van der Waals surface area contributed by atoms with Gasteiger partial charge >= 0.3 is 0 Å². The predicted octanol–water partition coefficient (Wildman–Crippen LogP) is 1.77. The third-order valence-electron chi connectivity index (χ3n) is 3.11. The minimum absolute atomic E-state index is 0.705. The lowest BCUT2D eigenvalue weighted by atomic mass is 10.0. The van der Waals surface area contributed by atoms with Gasteiger partial charge in [0.25, 0.3) is 0 Å². The average Bonchev–Trinajstić information content (AvgIpc) is 2.29. The SMILES string of the molecule is CN(C)C1CCN(c2cncc(Br)n2)CC1. The molecule has 0 radical (unpaired) electrons. The van der Waals surface area contributed by atoms with Crippen LogP contribution in [0.15, 0.2) is 17.0 Å². The van der Waals surface area contributed by atoms with E-state index in [1.54, 1.807) is 6.20 Å². The van der Waals surface area contributed by atoms with Crippen LogP contribution < -0.4 is 4.90 Å². The molecule has 0 saturated carbocycles. The normalized spacial score (nSPS) is 18.1. The highest BCUT2D eigenvalue weighted by Crippen LogP contribution is 2.20. The molecular weight excluding hydrogens is 268 g/mol. The highest BCUT2D eigenvalue weighted by atomic mass is 79.9. The minimum atomic E-state index is 0.705. The molecule has 0 aromatic carbocycles. The van der Waals surface area contributed by atoms with E-state index in [9.17, 15) is 0 Å². The summed E-state index contributed by atoms with van der Waals surface area (Å²) >= 11 is 3.36. The van der Waals surface area contributed by atoms with Gasteiger partial charge in [0.1, 0.15) is 10.4 Å². The van der Waals surface area contributed by atoms with Crippen molar-refractivity contribution in [2.75, 3.05) is 32.1 Å². The first kappa shape index (κ1) is 11.8. The molecule has 16 heavy (non-hydrogen) atoms. The quantitative estimate of drug-likeness (QED) is 0.829. The molecule has 2 heterocycles. The van der Waals surface area contributed by atoms with Crippen LogP contribution in [-0.2, 0) is 0 Å². The molecule has 0 atom stereocenters. The van der Waals surface area contributed by atoms with E-state index < -0.39 is 0 Å². The molecule has 1 aromatic heterocycles. The van der Waals surface area contributed by atoms with E-state index in [2.05, 4.69) is 49.8 Å². The van der Waals surface area contributed by atoms with Crippen molar-refractivity contribution < 1.29 is 0 Å². The Balaban J connectivity index is 1.99. The Hall–Kier alpha value is -0.680. The van der Waals surface area contributed by atoms with E-state index in [1.165, 1.54) is 12.8 Å². The van der Waals surface area contributed by atoms with Gasteiger partial charge in [-0.2, -0.15) is 0 Å². The van der Waals surface area contributed by atoms with Gasteiger partial charge in [0.05, 0.1) is 12.4 Å². The third kappa shape index (κ3) is 2.71. The van der Waals surface area contributed by atoms with E-state index in [0.717, 1.165) is 23.5 Å². The molecule has 1 aromatic rings. The fourth-order valence-electron chi connectivity index (χ4n) is 2.10. The van der Waals surface area contributed by atoms with E-state index in [4.69, 9.17) is 0 Å². The van der Waals surface area contributed by atoms with E-state index >= 15 is 0 Å². The molecule has 2 rings (SSSR count). The summed E-state index contributed by atoms with van der Waals surface area (Å²) in [5, 5.41) is 0. The van der Waals surface area contributed by atoms with Crippen LogP contribution in [0.5, 0.6) is 0 Å². The Morgan fingerprint density at radius 2 is 2.00 bits per heavy atom. The molecular formula is C11H17BrN4. The average molecular weight is 285 g/mol. The van der Waals surface area contributed by atoms with E-state index in [0.29, 0.717) is 6.04 Å². The summed E-state index contributed by atoms with van der Waals surface area (Å²) in [5.41, 5.74) is 0. The summed E-state index contributed by atoms with van der Waals surface area (Å²) in [6.07, 6.45) is 5.94. The van der Waals surface area contributed by atoms with Crippen LogP contribution in [0.25, 0.3) is 0 Å². The molecule has 0 spiro atoms. The van der Waals surface area contributed by atoms with Crippen LogP contribution in [0.3, 0.4) is 0 Å². The highest BCUT2D eigenvalue weighted by Gasteiger charge is 2.21. The first-order chi connectivity index (χ1) is 7.66. The lowest BCUT2D eigenvalue weighted by molar-refractivity contribution is 0.249. The van der Waals surface area contributed by atoms with Crippen LogP contribution in [0, 0.1) is 0 Å². The number of halogens is 1. The van der Waals surface area contributed by atoms with Crippen LogP contribution in [0.1, 0.15) is 12.8 Å². The maximum absolute atomic E-state index is 4.43. The zero-order valence-corrected chi connectivity index (χ0v) is 11.3. The Morgan fingerprint density at radius 1 is 1.31 bits per heavy atom. The molecule has 0 bridgehead atoms. The van der Waals surface area contributed by atoms with Crippen molar-refractivity contribution in [3.63, 3.8) is 0 Å². The van der Waals surface area contributed by atoms with Crippen molar-refractivity contribution in [3.8, 4) is 0 Å². The second-order valence-corrected chi connectivity index (χ2v) is 5.19. The molecule has 1 aliphatic heterocycles. The first-order valence-corrected chi connectivity index (χ1v) is 6.35. The molecule has 0 aliphatic carbocycles. The van der Waals surface area contributed by atoms with Crippen molar-refractivity contribution in [3.05, 3.63) is 17.0 Å². The second-order valence-electron chi connectivity index (χ2n) is 4.38. The molecule has 4 nitrogen and oxygen atoms in total. The number of rotatable bonds is 2. The number of piperidine rings is 1. The second kappa shape index (κ2) is 5.10. The van der Waals surface area contributed by atoms with Crippen molar-refractivity contribution in [1.82, 2.24) is 14.9 Å². The van der Waals surface area contributed by atoms with Crippen LogP contribution in [-0.4, -0.2) is 48.1 Å². The molecule has 0 N–H and O–H groups in total. The van der Waals surface area contributed by atoms with Crippen LogP contribution in [0.4, 0.5) is 5.82 Å². The lowest BCUT2D eigenvalue weighted by Crippen LogP contribution is -2.42. The Bertz CT molecular complexity index is 348. The minimum Gasteiger partial charge on any atom is -0.355 e. The molecule has 0 amide bonds. The van der Waals surface area contributed by atoms with Gasteiger partial charge in [-0.05, 0) is 42.9 Å². The first-order valence-electron chi connectivity index (χ1n) is 5.56. The van der Waals surface area contributed by atoms with Gasteiger partial charge in [-0.3, -0.25) is 4.98 Å². The molecule has 1 aliphatic rings. The monoisotopic (exact) mass is 284 g/mol. The molecule has 5 heteroatoms. The number of hydrogen-bond donors (Lipinski definition) is 0. The van der Waals surface area contributed by atoms with E-state index in [1.807, 2.05) is 6.20 Å². The van der Waals surface area contributed by atoms with Crippen molar-refractivity contribution in [2.45, 2.75) is 18.9 Å². The summed E-state index contributed by atoms with van der Waals surface area (Å²) in [6.45, 7) is 2.13. The van der Waals surface area contributed by atoms with Crippen molar-refractivity contribution >= 4 is 21.7 Å². The Morgan fingerprint density at radius 3 is 2.56 bits per heavy atom. The topological polar surface area (TPSA) is 32.3 Å². The fraction of sp³-hybridized carbons (Fsp3) is 0.636. The number of hydrogen-bond acceptors (Lipinski definition) is 4. The smallest absolute Gasteiger partial charge is 0.148 e. The van der Waals surface area contributed by atoms with Gasteiger partial charge in [0.15, 0.2) is 0 Å². The number of anilines is 1. The summed E-state index contributed by atoms with van der Waals surface area (Å²) < 4.78 is 0.805. The predicted molar refractivity (Wildman–Crippen MR) is 68.7 cm³/mol. The molecule has 1 fully saturated rings. The molecule has 0 unspecified atom stereocenters. The third-order valence-corrected chi connectivity index (χ3v) is 3.49. The van der Waals surface area contributed by atoms with Gasteiger partial charge in [-0.15, -0.1) is 0 Å². The zero-order chi connectivity index (χ0) is 11.5. The maximum atomic E-state index is 4.43. The zero-order valence-electron chi connectivity index (χ0n) is 9.73. The van der Waals surface area contributed by atoms with Gasteiger partial charge in [-0.1, -0.05) is 0 Å². The fourth-order valence-corrected chi connectivity index (χ4v) is 2.40. The number of aromatic nitrogens is 2. The van der Waals surface area contributed by atoms with Crippen LogP contribution >= 0.6 is 15.9 Å². The highest BCUT2D eigenvalue weighted by molar-refractivity contribution is 9.10. The van der Waals surface area contributed by atoms with Gasteiger partial charge in [0, 0.05) is 19.1 Å². The van der Waals surface area contributed by atoms with Gasteiger partial charge in [0.2, 0.25) is 0 Å². The summed E-state index contributed by atoms with van der Waals surface area (Å²) in [7, 11) is 4.30. The summed E-state index contributed by atoms with van der Waals surface area (Å²) in [4.78, 5) is 13.2. The van der Waals surface area contributed by atoms with Crippen molar-refractivity contribution in [2.24, 2.45) is 0 Å². The number of nitrogens with zero attached hydrogens (tertiary/aromatic N) is 4. The standard InChI is InChI=1S/C11H17BrN4/c1-15(2)9-3-5-16(6-4-9)11-8-13-7-10(12)14-11/h7-9H,3-6H2,1-2H3. The lowest BCUT2D eigenvalue weighted by Gasteiger charge is -2.35.